The van der Waals surface area contributed by atoms with Gasteiger partial charge in [-0.2, -0.15) is 4.31 Å². The van der Waals surface area contributed by atoms with Crippen molar-refractivity contribution in [2.45, 2.75) is 31.3 Å². The number of benzene rings is 1. The third-order valence-electron chi connectivity index (χ3n) is 3.21. The number of rotatable bonds is 4. The summed E-state index contributed by atoms with van der Waals surface area (Å²) in [5, 5.41) is 9.45. The molecule has 1 fully saturated rings. The van der Waals surface area contributed by atoms with Crippen molar-refractivity contribution in [1.82, 2.24) is 4.31 Å². The van der Waals surface area contributed by atoms with E-state index in [0.29, 0.717) is 25.3 Å². The van der Waals surface area contributed by atoms with Gasteiger partial charge in [-0.25, -0.2) is 8.42 Å². The van der Waals surface area contributed by atoms with Gasteiger partial charge in [0.15, 0.2) is 0 Å². The summed E-state index contributed by atoms with van der Waals surface area (Å²) in [4.78, 5) is 0.252. The van der Waals surface area contributed by atoms with E-state index in [0.717, 1.165) is 5.56 Å². The summed E-state index contributed by atoms with van der Waals surface area (Å²) in [5.41, 5.74) is 0.794. The second-order valence-electron chi connectivity index (χ2n) is 4.67. The average Bonchev–Trinajstić information content (AvgIpc) is 2.79. The van der Waals surface area contributed by atoms with Crippen LogP contribution in [0.2, 0.25) is 0 Å². The Bertz CT molecular complexity index is 556. The number of hydrogen-bond acceptors (Lipinski definition) is 4. The van der Waals surface area contributed by atoms with Crippen molar-refractivity contribution < 1.29 is 18.3 Å². The molecule has 6 heteroatoms. The number of nitrogens with zero attached hydrogens (tertiary/aromatic N) is 1. The predicted octanol–water partition coefficient (Wildman–Crippen LogP) is 1.15. The standard InChI is InChI=1S/C13H19NO4S/c1-3-18-13-5-4-12(8-10(13)2)19(16,17)14-7-6-11(15)9-14/h4-5,8,11,15H,3,6-7,9H2,1-2H3. The Morgan fingerprint density at radius 2 is 2.21 bits per heavy atom. The molecular weight excluding hydrogens is 266 g/mol. The molecule has 1 atom stereocenters. The Labute approximate surface area is 113 Å². The van der Waals surface area contributed by atoms with Crippen LogP contribution in [0.25, 0.3) is 0 Å². The molecular formula is C13H19NO4S. The van der Waals surface area contributed by atoms with E-state index in [9.17, 15) is 13.5 Å². The van der Waals surface area contributed by atoms with Crippen LogP contribution < -0.4 is 4.74 Å². The molecule has 19 heavy (non-hydrogen) atoms. The zero-order chi connectivity index (χ0) is 14.0. The van der Waals surface area contributed by atoms with E-state index >= 15 is 0 Å². The molecule has 0 bridgehead atoms. The third kappa shape index (κ3) is 2.91. The zero-order valence-electron chi connectivity index (χ0n) is 11.2. The Morgan fingerprint density at radius 3 is 2.74 bits per heavy atom. The van der Waals surface area contributed by atoms with Crippen LogP contribution in [-0.2, 0) is 10.0 Å². The molecule has 0 radical (unpaired) electrons. The second kappa shape index (κ2) is 5.48. The summed E-state index contributed by atoms with van der Waals surface area (Å²) in [5.74, 6) is 0.697. The number of aryl methyl sites for hydroxylation is 1. The molecule has 1 aliphatic heterocycles. The fourth-order valence-corrected chi connectivity index (χ4v) is 3.76. The molecule has 0 spiro atoms. The van der Waals surface area contributed by atoms with Gasteiger partial charge in [0, 0.05) is 13.1 Å². The molecule has 0 aromatic heterocycles. The van der Waals surface area contributed by atoms with Gasteiger partial charge in [0.05, 0.1) is 17.6 Å². The second-order valence-corrected chi connectivity index (χ2v) is 6.60. The van der Waals surface area contributed by atoms with Gasteiger partial charge in [-0.05, 0) is 44.0 Å². The van der Waals surface area contributed by atoms with Crippen molar-refractivity contribution in [2.75, 3.05) is 19.7 Å². The van der Waals surface area contributed by atoms with Crippen LogP contribution in [0.3, 0.4) is 0 Å². The molecule has 1 aliphatic rings. The quantitative estimate of drug-likeness (QED) is 0.901. The molecule has 1 saturated heterocycles. The molecule has 1 aromatic rings. The number of hydrogen-bond donors (Lipinski definition) is 1. The van der Waals surface area contributed by atoms with Gasteiger partial charge in [0.2, 0.25) is 10.0 Å². The summed E-state index contributed by atoms with van der Waals surface area (Å²) in [6.45, 7) is 4.80. The van der Waals surface area contributed by atoms with E-state index in [1.807, 2.05) is 13.8 Å². The minimum absolute atomic E-state index is 0.175. The smallest absolute Gasteiger partial charge is 0.243 e. The molecule has 1 unspecified atom stereocenters. The molecule has 1 N–H and O–H groups in total. The van der Waals surface area contributed by atoms with Crippen LogP contribution in [0, 0.1) is 6.92 Å². The lowest BCUT2D eigenvalue weighted by molar-refractivity contribution is 0.189. The molecule has 1 heterocycles. The summed E-state index contributed by atoms with van der Waals surface area (Å²) in [7, 11) is -3.51. The predicted molar refractivity (Wildman–Crippen MR) is 71.7 cm³/mol. The number of aliphatic hydroxyl groups is 1. The first-order chi connectivity index (χ1) is 8.95. The van der Waals surface area contributed by atoms with Gasteiger partial charge in [0.25, 0.3) is 0 Å². The van der Waals surface area contributed by atoms with Crippen molar-refractivity contribution in [3.8, 4) is 5.75 Å². The lowest BCUT2D eigenvalue weighted by Crippen LogP contribution is -2.29. The topological polar surface area (TPSA) is 66.8 Å². The fraction of sp³-hybridized carbons (Fsp3) is 0.538. The van der Waals surface area contributed by atoms with Gasteiger partial charge < -0.3 is 9.84 Å². The Morgan fingerprint density at radius 1 is 1.47 bits per heavy atom. The van der Waals surface area contributed by atoms with Gasteiger partial charge >= 0.3 is 0 Å². The summed E-state index contributed by atoms with van der Waals surface area (Å²) in [6.07, 6.45) is -0.0616. The van der Waals surface area contributed by atoms with E-state index in [4.69, 9.17) is 4.74 Å². The average molecular weight is 285 g/mol. The van der Waals surface area contributed by atoms with Crippen molar-refractivity contribution in [2.24, 2.45) is 0 Å². The lowest BCUT2D eigenvalue weighted by atomic mass is 10.2. The summed E-state index contributed by atoms with van der Waals surface area (Å²) in [6, 6.07) is 4.85. The van der Waals surface area contributed by atoms with E-state index in [2.05, 4.69) is 0 Å². The monoisotopic (exact) mass is 285 g/mol. The van der Waals surface area contributed by atoms with Crippen molar-refractivity contribution in [1.29, 1.82) is 0 Å². The first-order valence-corrected chi connectivity index (χ1v) is 7.81. The van der Waals surface area contributed by atoms with Crippen molar-refractivity contribution in [3.05, 3.63) is 23.8 Å². The minimum atomic E-state index is -3.51. The summed E-state index contributed by atoms with van der Waals surface area (Å²) < 4.78 is 31.5. The van der Waals surface area contributed by atoms with Crippen LogP contribution in [0.15, 0.2) is 23.1 Å². The molecule has 0 aliphatic carbocycles. The lowest BCUT2D eigenvalue weighted by Gasteiger charge is -2.17. The Balaban J connectivity index is 2.28. The van der Waals surface area contributed by atoms with Gasteiger partial charge in [-0.1, -0.05) is 0 Å². The zero-order valence-corrected chi connectivity index (χ0v) is 12.0. The van der Waals surface area contributed by atoms with Crippen LogP contribution in [0.5, 0.6) is 5.75 Å². The van der Waals surface area contributed by atoms with Gasteiger partial charge in [-0.15, -0.1) is 0 Å². The molecule has 2 rings (SSSR count). The highest BCUT2D eigenvalue weighted by atomic mass is 32.2. The third-order valence-corrected chi connectivity index (χ3v) is 5.07. The maximum absolute atomic E-state index is 12.4. The maximum Gasteiger partial charge on any atom is 0.243 e. The number of ether oxygens (including phenoxy) is 1. The largest absolute Gasteiger partial charge is 0.494 e. The number of β-amino-alcohol motifs (C(OH)–C–C–N with tert-alkyl or cyclic N) is 1. The van der Waals surface area contributed by atoms with Crippen LogP contribution >= 0.6 is 0 Å². The van der Waals surface area contributed by atoms with Crippen LogP contribution in [0.1, 0.15) is 18.9 Å². The van der Waals surface area contributed by atoms with Crippen molar-refractivity contribution >= 4 is 10.0 Å². The number of sulfonamides is 1. The SMILES string of the molecule is CCOc1ccc(S(=O)(=O)N2CCC(O)C2)cc1C. The molecule has 5 nitrogen and oxygen atoms in total. The van der Waals surface area contributed by atoms with Gasteiger partial charge in [-0.3, -0.25) is 0 Å². The first-order valence-electron chi connectivity index (χ1n) is 6.37. The highest BCUT2D eigenvalue weighted by molar-refractivity contribution is 7.89. The molecule has 106 valence electrons. The maximum atomic E-state index is 12.4. The van der Waals surface area contributed by atoms with Crippen molar-refractivity contribution in [3.63, 3.8) is 0 Å². The molecule has 0 amide bonds. The number of aliphatic hydroxyl groups excluding tert-OH is 1. The normalized spacial score (nSPS) is 20.7. The van der Waals surface area contributed by atoms with E-state index in [-0.39, 0.29) is 11.4 Å². The highest BCUT2D eigenvalue weighted by Gasteiger charge is 2.31. The Hall–Kier alpha value is -1.11. The fourth-order valence-electron chi connectivity index (χ4n) is 2.18. The summed E-state index contributed by atoms with van der Waals surface area (Å²) >= 11 is 0. The van der Waals surface area contributed by atoms with E-state index in [1.54, 1.807) is 18.2 Å². The van der Waals surface area contributed by atoms with Crippen LogP contribution in [-0.4, -0.2) is 43.6 Å². The molecule has 0 saturated carbocycles. The first kappa shape index (κ1) is 14.3. The van der Waals surface area contributed by atoms with E-state index < -0.39 is 16.1 Å². The Kier molecular flexibility index (Phi) is 4.13. The highest BCUT2D eigenvalue weighted by Crippen LogP contribution is 2.26. The van der Waals surface area contributed by atoms with Gasteiger partial charge in [0.1, 0.15) is 5.75 Å². The minimum Gasteiger partial charge on any atom is -0.494 e. The molecule has 1 aromatic carbocycles. The van der Waals surface area contributed by atoms with E-state index in [1.165, 1.54) is 4.31 Å². The van der Waals surface area contributed by atoms with Crippen LogP contribution in [0.4, 0.5) is 0 Å².